The number of aromatic nitrogens is 4. The van der Waals surface area contributed by atoms with Crippen LogP contribution in [-0.4, -0.2) is 32.3 Å². The van der Waals surface area contributed by atoms with Gasteiger partial charge in [0.25, 0.3) is 0 Å². The minimum Gasteiger partial charge on any atom is -0.310 e. The van der Waals surface area contributed by atoms with Crippen molar-refractivity contribution >= 4 is 17.1 Å². The molecule has 0 aromatic carbocycles. The zero-order valence-corrected chi connectivity index (χ0v) is 14.5. The van der Waals surface area contributed by atoms with Crippen LogP contribution in [0.5, 0.6) is 0 Å². The van der Waals surface area contributed by atoms with Crippen LogP contribution in [-0.2, 0) is 4.79 Å². The maximum Gasteiger partial charge on any atom is 0.230 e. The first-order valence-corrected chi connectivity index (χ1v) is 8.76. The molecule has 0 radical (unpaired) electrons. The summed E-state index contributed by atoms with van der Waals surface area (Å²) in [7, 11) is 0. The number of hydrogen-bond acceptors (Lipinski definition) is 4. The van der Waals surface area contributed by atoms with Gasteiger partial charge >= 0.3 is 0 Å². The van der Waals surface area contributed by atoms with Crippen molar-refractivity contribution in [1.29, 1.82) is 5.26 Å². The molecule has 2 aliphatic rings. The molecular formula is C19H20N6O. The average molecular weight is 348 g/mol. The van der Waals surface area contributed by atoms with Gasteiger partial charge in [0, 0.05) is 48.8 Å². The molecule has 1 aliphatic heterocycles. The number of carbonyl (C=O) groups excluding carboxylic acids is 1. The second-order valence-corrected chi connectivity index (χ2v) is 7.05. The summed E-state index contributed by atoms with van der Waals surface area (Å²) in [6.07, 6.45) is 9.81. The van der Waals surface area contributed by atoms with Gasteiger partial charge in [-0.15, -0.1) is 0 Å². The molecule has 4 heterocycles. The van der Waals surface area contributed by atoms with Crippen LogP contribution < -0.4 is 4.90 Å². The highest BCUT2D eigenvalue weighted by atomic mass is 16.2. The number of fused-ring (bicyclic) bond motifs is 1. The molecule has 1 aliphatic carbocycles. The molecular weight excluding hydrogens is 328 g/mol. The van der Waals surface area contributed by atoms with E-state index in [-0.39, 0.29) is 11.8 Å². The van der Waals surface area contributed by atoms with E-state index < -0.39 is 0 Å². The minimum absolute atomic E-state index is 0.196. The molecule has 7 heteroatoms. The van der Waals surface area contributed by atoms with E-state index in [2.05, 4.69) is 34.9 Å². The van der Waals surface area contributed by atoms with Gasteiger partial charge in [0.05, 0.1) is 17.4 Å². The molecule has 26 heavy (non-hydrogen) atoms. The van der Waals surface area contributed by atoms with Gasteiger partial charge in [-0.3, -0.25) is 9.89 Å². The summed E-state index contributed by atoms with van der Waals surface area (Å²) in [5.41, 5.74) is 3.98. The summed E-state index contributed by atoms with van der Waals surface area (Å²) >= 11 is 0. The highest BCUT2D eigenvalue weighted by molar-refractivity contribution is 6.01. The number of H-pyrrole nitrogens is 1. The van der Waals surface area contributed by atoms with E-state index in [1.807, 2.05) is 27.9 Å². The molecule has 2 unspecified atom stereocenters. The summed E-state index contributed by atoms with van der Waals surface area (Å²) in [6.45, 7) is 6.50. The number of anilines is 1. The lowest BCUT2D eigenvalue weighted by atomic mass is 9.93. The van der Waals surface area contributed by atoms with Gasteiger partial charge in [0.1, 0.15) is 0 Å². The second-order valence-electron chi connectivity index (χ2n) is 7.05. The summed E-state index contributed by atoms with van der Waals surface area (Å²) in [5, 5.41) is 17.7. The first kappa shape index (κ1) is 16.3. The van der Waals surface area contributed by atoms with Crippen molar-refractivity contribution in [1.82, 2.24) is 19.8 Å². The van der Waals surface area contributed by atoms with Gasteiger partial charge in [-0.05, 0) is 36.8 Å². The van der Waals surface area contributed by atoms with Crippen molar-refractivity contribution in [2.75, 3.05) is 11.4 Å². The number of aromatic amines is 1. The molecule has 132 valence electrons. The van der Waals surface area contributed by atoms with Crippen LogP contribution >= 0.6 is 0 Å². The summed E-state index contributed by atoms with van der Waals surface area (Å²) in [5.74, 6) is 1.50. The highest BCUT2D eigenvalue weighted by Gasteiger charge is 2.47. The van der Waals surface area contributed by atoms with E-state index in [0.29, 0.717) is 11.8 Å². The number of carbonyl (C=O) groups is 1. The lowest BCUT2D eigenvalue weighted by Gasteiger charge is -2.17. The fraction of sp³-hybridized carbons (Fsp3) is 0.368. The molecule has 3 aromatic heterocycles. The lowest BCUT2D eigenvalue weighted by molar-refractivity contribution is -0.121. The summed E-state index contributed by atoms with van der Waals surface area (Å²) < 4.78 is 1.85. The molecule has 2 fully saturated rings. The summed E-state index contributed by atoms with van der Waals surface area (Å²) in [4.78, 5) is 14.9. The van der Waals surface area contributed by atoms with Crippen molar-refractivity contribution in [2.45, 2.75) is 19.8 Å². The maximum atomic E-state index is 13.0. The van der Waals surface area contributed by atoms with Crippen LogP contribution in [0.2, 0.25) is 0 Å². The van der Waals surface area contributed by atoms with E-state index in [4.69, 9.17) is 5.26 Å². The van der Waals surface area contributed by atoms with Gasteiger partial charge in [-0.25, -0.2) is 9.78 Å². The number of hydrogen-bond donors (Lipinski definition) is 1. The van der Waals surface area contributed by atoms with Crippen LogP contribution in [0.3, 0.4) is 0 Å². The van der Waals surface area contributed by atoms with Crippen LogP contribution in [0, 0.1) is 29.6 Å². The highest BCUT2D eigenvalue weighted by Crippen LogP contribution is 2.46. The third-order valence-electron chi connectivity index (χ3n) is 5.37. The van der Waals surface area contributed by atoms with Crippen LogP contribution in [0.4, 0.5) is 5.69 Å². The van der Waals surface area contributed by atoms with Crippen LogP contribution in [0.25, 0.3) is 16.6 Å². The van der Waals surface area contributed by atoms with E-state index in [9.17, 15) is 4.79 Å². The Balaban J connectivity index is 0.000000814. The van der Waals surface area contributed by atoms with E-state index in [0.717, 1.165) is 28.9 Å². The zero-order valence-electron chi connectivity index (χ0n) is 14.5. The smallest absolute Gasteiger partial charge is 0.230 e. The normalized spacial score (nSPS) is 22.4. The molecule has 1 N–H and O–H groups in total. The monoisotopic (exact) mass is 348 g/mol. The van der Waals surface area contributed by atoms with Crippen molar-refractivity contribution in [2.24, 2.45) is 17.8 Å². The molecule has 3 aromatic rings. The number of nitrogens with one attached hydrogen (secondary N) is 1. The zero-order chi connectivity index (χ0) is 18.3. The lowest BCUT2D eigenvalue weighted by Crippen LogP contribution is -2.28. The molecule has 1 amide bonds. The van der Waals surface area contributed by atoms with Crippen molar-refractivity contribution in [3.05, 3.63) is 36.9 Å². The Hall–Kier alpha value is -3.14. The third-order valence-corrected chi connectivity index (χ3v) is 5.37. The Morgan fingerprint density at radius 2 is 2.12 bits per heavy atom. The van der Waals surface area contributed by atoms with E-state index in [1.165, 1.54) is 12.8 Å². The average Bonchev–Trinajstić information content (AvgIpc) is 3.09. The molecule has 7 nitrogen and oxygen atoms in total. The Morgan fingerprint density at radius 3 is 2.81 bits per heavy atom. The van der Waals surface area contributed by atoms with Crippen LogP contribution in [0.15, 0.2) is 36.9 Å². The Labute approximate surface area is 151 Å². The molecule has 0 bridgehead atoms. The maximum absolute atomic E-state index is 13.0. The molecule has 5 rings (SSSR count). The molecule has 1 saturated carbocycles. The first-order chi connectivity index (χ1) is 12.7. The minimum atomic E-state index is 0.196. The predicted octanol–water partition coefficient (Wildman–Crippen LogP) is 2.87. The number of rotatable bonds is 3. The van der Waals surface area contributed by atoms with Crippen molar-refractivity contribution < 1.29 is 4.79 Å². The van der Waals surface area contributed by atoms with E-state index in [1.54, 1.807) is 12.4 Å². The third kappa shape index (κ3) is 2.54. The molecule has 1 saturated heterocycles. The Bertz CT molecular complexity index is 953. The summed E-state index contributed by atoms with van der Waals surface area (Å²) in [6, 6.07) is 4.03. The van der Waals surface area contributed by atoms with Gasteiger partial charge in [0.2, 0.25) is 5.91 Å². The fourth-order valence-electron chi connectivity index (χ4n) is 4.05. The SMILES string of the molecule is C#N.CC1CN(c2ccnn3cc(-c4cn[nH]c4)cc23)C(=O)C1C1CC1. The Morgan fingerprint density at radius 1 is 1.31 bits per heavy atom. The number of nitrogens with zero attached hydrogens (tertiary/aromatic N) is 5. The Kier molecular flexibility index (Phi) is 3.96. The fourth-order valence-corrected chi connectivity index (χ4v) is 4.05. The molecule has 2 atom stereocenters. The first-order valence-electron chi connectivity index (χ1n) is 8.76. The second kappa shape index (κ2) is 6.30. The van der Waals surface area contributed by atoms with Crippen molar-refractivity contribution in [3.8, 4) is 17.7 Å². The van der Waals surface area contributed by atoms with Crippen LogP contribution in [0.1, 0.15) is 19.8 Å². The number of amides is 1. The van der Waals surface area contributed by atoms with Gasteiger partial charge < -0.3 is 4.90 Å². The van der Waals surface area contributed by atoms with E-state index >= 15 is 0 Å². The topological polar surface area (TPSA) is 90.1 Å². The standard InChI is InChI=1S/C18H19N5O.CHN/c1-11-9-22(18(24)17(11)12-2-3-12)15-4-5-21-23-10-13(6-16(15)23)14-7-19-20-8-14;1-2/h4-8,10-12,17H,2-3,9H2,1H3,(H,19,20);1H. The van der Waals surface area contributed by atoms with Gasteiger partial charge in [0.15, 0.2) is 0 Å². The van der Waals surface area contributed by atoms with Gasteiger partial charge in [-0.2, -0.15) is 10.2 Å². The number of nitriles is 1. The predicted molar refractivity (Wildman–Crippen MR) is 97.2 cm³/mol. The quantitative estimate of drug-likeness (QED) is 0.788. The molecule has 0 spiro atoms. The van der Waals surface area contributed by atoms with Crippen molar-refractivity contribution in [3.63, 3.8) is 0 Å². The largest absolute Gasteiger partial charge is 0.310 e. The van der Waals surface area contributed by atoms with Gasteiger partial charge in [-0.1, -0.05) is 6.92 Å².